The van der Waals surface area contributed by atoms with Crippen LogP contribution in [0, 0.1) is 0 Å². The van der Waals surface area contributed by atoms with E-state index in [2.05, 4.69) is 48.6 Å². The van der Waals surface area contributed by atoms with Crippen molar-refractivity contribution in [2.45, 2.75) is 26.1 Å². The molecule has 0 radical (unpaired) electrons. The van der Waals surface area contributed by atoms with Gasteiger partial charge >= 0.3 is 0 Å². The first-order valence-corrected chi connectivity index (χ1v) is 8.83. The molecule has 0 saturated carbocycles. The lowest BCUT2D eigenvalue weighted by molar-refractivity contribution is 0.306. The molecule has 2 nitrogen and oxygen atoms in total. The molecule has 1 N–H and O–H groups in total. The molecule has 1 atom stereocenters. The van der Waals surface area contributed by atoms with Crippen LogP contribution in [0.3, 0.4) is 0 Å². The van der Waals surface area contributed by atoms with Crippen LogP contribution < -0.4 is 10.1 Å². The van der Waals surface area contributed by atoms with Gasteiger partial charge in [0.2, 0.25) is 0 Å². The standard InChI is InChI=1S/C22H22ClNO/c1-17(20-9-3-2-4-10-20)24-15-18-7-6-12-22(14-18)25-16-19-8-5-11-21(23)13-19/h2-14,17,24H,15-16H2,1H3/t17-/m0/s1. The van der Waals surface area contributed by atoms with Crippen LogP contribution in [0.5, 0.6) is 5.75 Å². The molecule has 0 aliphatic carbocycles. The predicted octanol–water partition coefficient (Wildman–Crippen LogP) is 5.77. The molecule has 25 heavy (non-hydrogen) atoms. The summed E-state index contributed by atoms with van der Waals surface area (Å²) in [5.74, 6) is 0.867. The van der Waals surface area contributed by atoms with Crippen molar-refractivity contribution in [3.63, 3.8) is 0 Å². The number of hydrogen-bond acceptors (Lipinski definition) is 2. The Morgan fingerprint density at radius 1 is 0.880 bits per heavy atom. The molecule has 0 unspecified atom stereocenters. The fourth-order valence-corrected chi connectivity index (χ4v) is 2.88. The van der Waals surface area contributed by atoms with E-state index in [1.54, 1.807) is 0 Å². The van der Waals surface area contributed by atoms with Crippen molar-refractivity contribution in [2.75, 3.05) is 0 Å². The third-order valence-electron chi connectivity index (χ3n) is 4.10. The highest BCUT2D eigenvalue weighted by Gasteiger charge is 2.05. The summed E-state index contributed by atoms with van der Waals surface area (Å²) in [5, 5.41) is 4.28. The Morgan fingerprint density at radius 2 is 1.64 bits per heavy atom. The van der Waals surface area contributed by atoms with Gasteiger partial charge in [0.05, 0.1) is 0 Å². The average molecular weight is 352 g/mol. The maximum absolute atomic E-state index is 6.01. The lowest BCUT2D eigenvalue weighted by Crippen LogP contribution is -2.17. The third-order valence-corrected chi connectivity index (χ3v) is 4.34. The quantitative estimate of drug-likeness (QED) is 0.583. The van der Waals surface area contributed by atoms with E-state index in [9.17, 15) is 0 Å². The lowest BCUT2D eigenvalue weighted by Gasteiger charge is -2.15. The molecule has 0 fully saturated rings. The zero-order chi connectivity index (χ0) is 17.5. The molecule has 0 heterocycles. The van der Waals surface area contributed by atoms with E-state index >= 15 is 0 Å². The van der Waals surface area contributed by atoms with Gasteiger partial charge in [0.15, 0.2) is 0 Å². The Morgan fingerprint density at radius 3 is 2.44 bits per heavy atom. The Labute approximate surface area is 154 Å². The molecule has 0 amide bonds. The second-order valence-corrected chi connectivity index (χ2v) is 6.52. The highest BCUT2D eigenvalue weighted by Crippen LogP contribution is 2.18. The summed E-state index contributed by atoms with van der Waals surface area (Å²) < 4.78 is 5.89. The number of nitrogens with one attached hydrogen (secondary N) is 1. The molecule has 3 heteroatoms. The largest absolute Gasteiger partial charge is 0.489 e. The van der Waals surface area contributed by atoms with Crippen molar-refractivity contribution < 1.29 is 4.74 Å². The van der Waals surface area contributed by atoms with Crippen molar-refractivity contribution in [2.24, 2.45) is 0 Å². The topological polar surface area (TPSA) is 21.3 Å². The number of rotatable bonds is 7. The molecule has 3 rings (SSSR count). The Balaban J connectivity index is 1.56. The Kier molecular flexibility index (Phi) is 6.10. The maximum Gasteiger partial charge on any atom is 0.120 e. The average Bonchev–Trinajstić information content (AvgIpc) is 2.65. The second-order valence-electron chi connectivity index (χ2n) is 6.08. The van der Waals surface area contributed by atoms with E-state index in [4.69, 9.17) is 16.3 Å². The molecule has 3 aromatic rings. The summed E-state index contributed by atoms with van der Waals surface area (Å²) in [6.07, 6.45) is 0. The normalized spacial score (nSPS) is 11.9. The molecule has 0 aromatic heterocycles. The number of halogens is 1. The van der Waals surface area contributed by atoms with E-state index in [-0.39, 0.29) is 0 Å². The van der Waals surface area contributed by atoms with Crippen LogP contribution in [0.4, 0.5) is 0 Å². The summed E-state index contributed by atoms with van der Waals surface area (Å²) in [6.45, 7) is 3.48. The molecule has 0 bridgehead atoms. The van der Waals surface area contributed by atoms with Crippen molar-refractivity contribution >= 4 is 11.6 Å². The van der Waals surface area contributed by atoms with Crippen LogP contribution in [0.15, 0.2) is 78.9 Å². The van der Waals surface area contributed by atoms with Gasteiger partial charge in [-0.15, -0.1) is 0 Å². The fraction of sp³-hybridized carbons (Fsp3) is 0.182. The van der Waals surface area contributed by atoms with Crippen LogP contribution in [0.1, 0.15) is 29.7 Å². The third kappa shape index (κ3) is 5.35. The van der Waals surface area contributed by atoms with Gasteiger partial charge in [-0.05, 0) is 47.9 Å². The van der Waals surface area contributed by atoms with Gasteiger partial charge in [-0.25, -0.2) is 0 Å². The van der Waals surface area contributed by atoms with E-state index in [1.807, 2.05) is 42.5 Å². The maximum atomic E-state index is 6.01. The second kappa shape index (κ2) is 8.70. The summed E-state index contributed by atoms with van der Waals surface area (Å²) in [6, 6.07) is 26.7. The highest BCUT2D eigenvalue weighted by atomic mass is 35.5. The van der Waals surface area contributed by atoms with Gasteiger partial charge in [-0.3, -0.25) is 0 Å². The molecule has 0 spiro atoms. The first-order chi connectivity index (χ1) is 12.2. The molecule has 3 aromatic carbocycles. The smallest absolute Gasteiger partial charge is 0.120 e. The molecule has 0 saturated heterocycles. The van der Waals surface area contributed by atoms with Crippen LogP contribution in [-0.2, 0) is 13.2 Å². The van der Waals surface area contributed by atoms with Gasteiger partial charge in [0, 0.05) is 17.6 Å². The van der Waals surface area contributed by atoms with Crippen molar-refractivity contribution in [1.82, 2.24) is 5.32 Å². The molecular weight excluding hydrogens is 330 g/mol. The Hall–Kier alpha value is -2.29. The van der Waals surface area contributed by atoms with Gasteiger partial charge in [-0.1, -0.05) is 66.2 Å². The van der Waals surface area contributed by atoms with Gasteiger partial charge in [0.25, 0.3) is 0 Å². The summed E-state index contributed by atoms with van der Waals surface area (Å²) >= 11 is 6.01. The van der Waals surface area contributed by atoms with Crippen LogP contribution in [-0.4, -0.2) is 0 Å². The minimum atomic E-state index is 0.303. The Bertz CT molecular complexity index is 804. The van der Waals surface area contributed by atoms with Gasteiger partial charge in [0.1, 0.15) is 12.4 Å². The summed E-state index contributed by atoms with van der Waals surface area (Å²) in [4.78, 5) is 0. The zero-order valence-electron chi connectivity index (χ0n) is 14.3. The lowest BCUT2D eigenvalue weighted by atomic mass is 10.1. The fourth-order valence-electron chi connectivity index (χ4n) is 2.67. The molecule has 0 aliphatic rings. The zero-order valence-corrected chi connectivity index (χ0v) is 15.0. The van der Waals surface area contributed by atoms with Gasteiger partial charge < -0.3 is 10.1 Å². The first-order valence-electron chi connectivity index (χ1n) is 8.45. The van der Waals surface area contributed by atoms with Crippen LogP contribution >= 0.6 is 11.6 Å². The monoisotopic (exact) mass is 351 g/mol. The number of hydrogen-bond donors (Lipinski definition) is 1. The van der Waals surface area contributed by atoms with Gasteiger partial charge in [-0.2, -0.15) is 0 Å². The van der Waals surface area contributed by atoms with E-state index in [0.29, 0.717) is 12.6 Å². The van der Waals surface area contributed by atoms with Crippen molar-refractivity contribution in [3.05, 3.63) is 101 Å². The molecule has 128 valence electrons. The minimum Gasteiger partial charge on any atom is -0.489 e. The summed E-state index contributed by atoms with van der Waals surface area (Å²) in [5.41, 5.74) is 3.55. The minimum absolute atomic E-state index is 0.303. The van der Waals surface area contributed by atoms with E-state index < -0.39 is 0 Å². The van der Waals surface area contributed by atoms with Crippen LogP contribution in [0.25, 0.3) is 0 Å². The number of ether oxygens (including phenoxy) is 1. The van der Waals surface area contributed by atoms with E-state index in [0.717, 1.165) is 22.9 Å². The van der Waals surface area contributed by atoms with Crippen molar-refractivity contribution in [3.8, 4) is 5.75 Å². The van der Waals surface area contributed by atoms with Crippen LogP contribution in [0.2, 0.25) is 5.02 Å². The highest BCUT2D eigenvalue weighted by molar-refractivity contribution is 6.30. The molecular formula is C22H22ClNO. The number of benzene rings is 3. The van der Waals surface area contributed by atoms with Crippen molar-refractivity contribution in [1.29, 1.82) is 0 Å². The molecule has 0 aliphatic heterocycles. The predicted molar refractivity (Wildman–Crippen MR) is 104 cm³/mol. The summed E-state index contributed by atoms with van der Waals surface area (Å²) in [7, 11) is 0. The van der Waals surface area contributed by atoms with E-state index in [1.165, 1.54) is 11.1 Å². The SMILES string of the molecule is C[C@H](NCc1cccc(OCc2cccc(Cl)c2)c1)c1ccccc1. The first kappa shape index (κ1) is 17.5.